The lowest BCUT2D eigenvalue weighted by molar-refractivity contribution is -0.140. The van der Waals surface area contributed by atoms with Crippen molar-refractivity contribution in [1.82, 2.24) is 15.1 Å². The molecule has 2 atom stereocenters. The van der Waals surface area contributed by atoms with Gasteiger partial charge in [0.1, 0.15) is 5.82 Å². The quantitative estimate of drug-likeness (QED) is 0.811. The van der Waals surface area contributed by atoms with E-state index < -0.39 is 0 Å². The Morgan fingerprint density at radius 3 is 2.60 bits per heavy atom. The Balaban J connectivity index is 0.00000256. The Kier molecular flexibility index (Phi) is 7.45. The molecule has 0 bridgehead atoms. The van der Waals surface area contributed by atoms with Crippen LogP contribution in [0.3, 0.4) is 0 Å². The first-order valence-corrected chi connectivity index (χ1v) is 10.2. The Bertz CT molecular complexity index is 880. The first-order chi connectivity index (χ1) is 14.1. The van der Waals surface area contributed by atoms with Crippen molar-refractivity contribution in [2.75, 3.05) is 32.7 Å². The van der Waals surface area contributed by atoms with E-state index in [1.165, 1.54) is 12.1 Å². The minimum Gasteiger partial charge on any atom is -0.338 e. The number of rotatable bonds is 3. The van der Waals surface area contributed by atoms with Crippen LogP contribution in [-0.4, -0.2) is 54.3 Å². The number of halogens is 2. The molecule has 7 heteroatoms. The lowest BCUT2D eigenvalue weighted by Gasteiger charge is -2.41. The van der Waals surface area contributed by atoms with Crippen LogP contribution in [0.1, 0.15) is 34.8 Å². The average molecular weight is 432 g/mol. The van der Waals surface area contributed by atoms with E-state index in [0.29, 0.717) is 31.7 Å². The molecule has 2 aromatic carbocycles. The van der Waals surface area contributed by atoms with E-state index in [1.54, 1.807) is 11.0 Å². The maximum absolute atomic E-state index is 13.7. The Hall–Kier alpha value is -2.44. The zero-order valence-electron chi connectivity index (χ0n) is 16.8. The van der Waals surface area contributed by atoms with Crippen molar-refractivity contribution in [3.8, 4) is 0 Å². The van der Waals surface area contributed by atoms with Crippen molar-refractivity contribution in [3.05, 3.63) is 71.5 Å². The van der Waals surface area contributed by atoms with Crippen molar-refractivity contribution in [2.45, 2.75) is 18.9 Å². The largest absolute Gasteiger partial charge is 0.338 e. The van der Waals surface area contributed by atoms with E-state index >= 15 is 0 Å². The predicted octanol–water partition coefficient (Wildman–Crippen LogP) is 3.27. The molecule has 2 aliphatic rings. The van der Waals surface area contributed by atoms with Crippen LogP contribution in [-0.2, 0) is 4.79 Å². The van der Waals surface area contributed by atoms with Gasteiger partial charge in [-0.3, -0.25) is 9.59 Å². The molecule has 0 aromatic heterocycles. The van der Waals surface area contributed by atoms with Gasteiger partial charge in [-0.1, -0.05) is 30.3 Å². The number of nitrogens with zero attached hydrogens (tertiary/aromatic N) is 2. The number of amides is 2. The highest BCUT2D eigenvalue weighted by Crippen LogP contribution is 2.28. The molecule has 160 valence electrons. The second-order valence-electron chi connectivity index (χ2n) is 7.76. The number of likely N-dealkylation sites (tertiary alicyclic amines) is 1. The fraction of sp³-hybridized carbons (Fsp3) is 0.391. The molecule has 0 radical (unpaired) electrons. The molecule has 30 heavy (non-hydrogen) atoms. The molecule has 2 heterocycles. The van der Waals surface area contributed by atoms with Crippen LogP contribution in [0.25, 0.3) is 0 Å². The first kappa shape index (κ1) is 22.2. The van der Waals surface area contributed by atoms with E-state index in [9.17, 15) is 14.0 Å². The summed E-state index contributed by atoms with van der Waals surface area (Å²) in [5.74, 6) is -0.472. The fourth-order valence-electron chi connectivity index (χ4n) is 4.34. The standard InChI is InChI=1S/C23H26FN3O2.ClH/c24-20-10-4-8-18(14-20)21-15-25-11-13-27(21)23(29)19-9-5-12-26(16-19)22(28)17-6-2-1-3-7-17;/h1-4,6-8,10,14,19,21,25H,5,9,11-13,15-16H2;1H. The number of piperazine rings is 1. The molecule has 2 fully saturated rings. The maximum atomic E-state index is 13.7. The third-order valence-corrected chi connectivity index (χ3v) is 5.84. The highest BCUT2D eigenvalue weighted by Gasteiger charge is 2.35. The topological polar surface area (TPSA) is 52.7 Å². The van der Waals surface area contributed by atoms with Crippen LogP contribution in [0.15, 0.2) is 54.6 Å². The Morgan fingerprint density at radius 1 is 1.03 bits per heavy atom. The zero-order chi connectivity index (χ0) is 20.2. The van der Waals surface area contributed by atoms with Gasteiger partial charge < -0.3 is 15.1 Å². The molecule has 4 rings (SSSR count). The van der Waals surface area contributed by atoms with Crippen molar-refractivity contribution in [2.24, 2.45) is 5.92 Å². The molecule has 2 amide bonds. The van der Waals surface area contributed by atoms with Gasteiger partial charge in [0.05, 0.1) is 12.0 Å². The van der Waals surface area contributed by atoms with Gasteiger partial charge in [0.25, 0.3) is 5.91 Å². The molecule has 0 spiro atoms. The monoisotopic (exact) mass is 431 g/mol. The van der Waals surface area contributed by atoms with Gasteiger partial charge in [-0.05, 0) is 42.7 Å². The normalized spacial score (nSPS) is 21.6. The molecular weight excluding hydrogens is 405 g/mol. The summed E-state index contributed by atoms with van der Waals surface area (Å²) in [5.41, 5.74) is 1.46. The van der Waals surface area contributed by atoms with Gasteiger partial charge in [0.15, 0.2) is 0 Å². The molecule has 2 saturated heterocycles. The van der Waals surface area contributed by atoms with Gasteiger partial charge >= 0.3 is 0 Å². The second kappa shape index (κ2) is 10.0. The zero-order valence-corrected chi connectivity index (χ0v) is 17.6. The van der Waals surface area contributed by atoms with Crippen LogP contribution < -0.4 is 5.32 Å². The van der Waals surface area contributed by atoms with E-state index in [1.807, 2.05) is 41.3 Å². The lowest BCUT2D eigenvalue weighted by atomic mass is 9.93. The summed E-state index contributed by atoms with van der Waals surface area (Å²) in [5, 5.41) is 3.31. The second-order valence-corrected chi connectivity index (χ2v) is 7.76. The summed E-state index contributed by atoms with van der Waals surface area (Å²) in [4.78, 5) is 29.9. The van der Waals surface area contributed by atoms with Crippen LogP contribution in [0.2, 0.25) is 0 Å². The summed E-state index contributed by atoms with van der Waals surface area (Å²) in [6, 6.07) is 15.5. The van der Waals surface area contributed by atoms with E-state index in [2.05, 4.69) is 5.32 Å². The molecule has 0 aliphatic carbocycles. The number of piperidine rings is 1. The minimum atomic E-state index is -0.294. The molecule has 5 nitrogen and oxygen atoms in total. The Labute approximate surface area is 182 Å². The summed E-state index contributed by atoms with van der Waals surface area (Å²) in [6.45, 7) is 3.02. The number of carbonyl (C=O) groups excluding carboxylic acids is 2. The van der Waals surface area contributed by atoms with Crippen LogP contribution in [0.4, 0.5) is 4.39 Å². The van der Waals surface area contributed by atoms with Gasteiger partial charge in [0.2, 0.25) is 5.91 Å². The summed E-state index contributed by atoms with van der Waals surface area (Å²) >= 11 is 0. The molecule has 2 unspecified atom stereocenters. The third-order valence-electron chi connectivity index (χ3n) is 5.84. The molecule has 2 aliphatic heterocycles. The SMILES string of the molecule is Cl.O=C(c1ccccc1)N1CCCC(C(=O)N2CCNCC2c2cccc(F)c2)C1. The van der Waals surface area contributed by atoms with Crippen molar-refractivity contribution < 1.29 is 14.0 Å². The number of carbonyl (C=O) groups is 2. The predicted molar refractivity (Wildman–Crippen MR) is 116 cm³/mol. The van der Waals surface area contributed by atoms with Crippen LogP contribution in [0, 0.1) is 11.7 Å². The fourth-order valence-corrected chi connectivity index (χ4v) is 4.34. The number of nitrogens with one attached hydrogen (secondary N) is 1. The smallest absolute Gasteiger partial charge is 0.253 e. The van der Waals surface area contributed by atoms with Gasteiger partial charge in [-0.2, -0.15) is 0 Å². The number of hydrogen-bond acceptors (Lipinski definition) is 3. The summed E-state index contributed by atoms with van der Waals surface area (Å²) in [6.07, 6.45) is 1.59. The van der Waals surface area contributed by atoms with Crippen molar-refractivity contribution in [1.29, 1.82) is 0 Å². The van der Waals surface area contributed by atoms with Crippen LogP contribution >= 0.6 is 12.4 Å². The number of benzene rings is 2. The molecule has 1 N–H and O–H groups in total. The van der Waals surface area contributed by atoms with Crippen molar-refractivity contribution >= 4 is 24.2 Å². The van der Waals surface area contributed by atoms with Gasteiger partial charge in [-0.25, -0.2) is 4.39 Å². The van der Waals surface area contributed by atoms with Gasteiger partial charge in [-0.15, -0.1) is 12.4 Å². The van der Waals surface area contributed by atoms with Crippen LogP contribution in [0.5, 0.6) is 0 Å². The third kappa shape index (κ3) is 4.82. The maximum Gasteiger partial charge on any atom is 0.253 e. The average Bonchev–Trinajstić information content (AvgIpc) is 2.79. The highest BCUT2D eigenvalue weighted by atomic mass is 35.5. The molecule has 2 aromatic rings. The first-order valence-electron chi connectivity index (χ1n) is 10.2. The molecular formula is C23H27ClFN3O2. The summed E-state index contributed by atoms with van der Waals surface area (Å²) < 4.78 is 13.7. The van der Waals surface area contributed by atoms with Crippen molar-refractivity contribution in [3.63, 3.8) is 0 Å². The van der Waals surface area contributed by atoms with E-state index in [0.717, 1.165) is 24.9 Å². The molecule has 0 saturated carbocycles. The summed E-state index contributed by atoms with van der Waals surface area (Å²) in [7, 11) is 0. The highest BCUT2D eigenvalue weighted by molar-refractivity contribution is 5.94. The van der Waals surface area contributed by atoms with E-state index in [-0.39, 0.29) is 42.0 Å². The van der Waals surface area contributed by atoms with E-state index in [4.69, 9.17) is 0 Å². The lowest BCUT2D eigenvalue weighted by Crippen LogP contribution is -2.53. The minimum absolute atomic E-state index is 0. The van der Waals surface area contributed by atoms with Gasteiger partial charge in [0, 0.05) is 38.3 Å². The Morgan fingerprint density at radius 2 is 1.83 bits per heavy atom. The number of hydrogen-bond donors (Lipinski definition) is 1.